The number of benzene rings is 2. The number of nitrogens with zero attached hydrogens (tertiary/aromatic N) is 2. The van der Waals surface area contributed by atoms with Gasteiger partial charge in [0.25, 0.3) is 5.91 Å². The lowest BCUT2D eigenvalue weighted by atomic mass is 10.2. The average Bonchev–Trinajstić information content (AvgIpc) is 2.60. The highest BCUT2D eigenvalue weighted by molar-refractivity contribution is 6.31. The van der Waals surface area contributed by atoms with Crippen molar-refractivity contribution < 1.29 is 18.0 Å². The lowest BCUT2D eigenvalue weighted by Crippen LogP contribution is -2.18. The number of anilines is 2. The lowest BCUT2D eigenvalue weighted by Gasteiger charge is -2.15. The van der Waals surface area contributed by atoms with Crippen LogP contribution in [-0.2, 0) is 11.0 Å². The second-order valence-electron chi connectivity index (χ2n) is 5.25. The van der Waals surface area contributed by atoms with Crippen molar-refractivity contribution in [2.24, 2.45) is 0 Å². The van der Waals surface area contributed by atoms with E-state index in [0.717, 1.165) is 17.8 Å². The van der Waals surface area contributed by atoms with Crippen molar-refractivity contribution in [3.8, 4) is 6.07 Å². The summed E-state index contributed by atoms with van der Waals surface area (Å²) in [5.41, 5.74) is -0.713. The highest BCUT2D eigenvalue weighted by Crippen LogP contribution is 2.36. The molecule has 0 atom stereocenters. The second-order valence-corrected chi connectivity index (χ2v) is 5.65. The van der Waals surface area contributed by atoms with Gasteiger partial charge in [-0.3, -0.25) is 4.79 Å². The van der Waals surface area contributed by atoms with Gasteiger partial charge < -0.3 is 10.2 Å². The van der Waals surface area contributed by atoms with Crippen LogP contribution in [0.2, 0.25) is 5.02 Å². The maximum Gasteiger partial charge on any atom is 0.417 e. The molecule has 1 amide bonds. The van der Waals surface area contributed by atoms with Crippen molar-refractivity contribution >= 4 is 28.9 Å². The molecule has 2 aromatic rings. The number of alkyl halides is 3. The standard InChI is InChI=1S/C18H13ClF3N3O/c1-25(14-5-3-2-4-6-14)11-12(10-23)17(26)24-13-7-8-16(19)15(9-13)18(20,21)22/h2-9,11H,1H3,(H,24,26)/b12-11-. The van der Waals surface area contributed by atoms with Crippen LogP contribution in [0.4, 0.5) is 24.5 Å². The van der Waals surface area contributed by atoms with Crippen molar-refractivity contribution in [1.82, 2.24) is 0 Å². The number of rotatable bonds is 4. The zero-order valence-electron chi connectivity index (χ0n) is 13.5. The first-order chi connectivity index (χ1) is 12.2. The third-order valence-electron chi connectivity index (χ3n) is 3.38. The number of nitrogens with one attached hydrogen (secondary N) is 1. The van der Waals surface area contributed by atoms with Gasteiger partial charge in [-0.25, -0.2) is 0 Å². The molecule has 0 saturated heterocycles. The van der Waals surface area contributed by atoms with Gasteiger partial charge in [0.05, 0.1) is 10.6 Å². The summed E-state index contributed by atoms with van der Waals surface area (Å²) in [5.74, 6) is -0.828. The predicted molar refractivity (Wildman–Crippen MR) is 93.6 cm³/mol. The maximum atomic E-state index is 12.9. The van der Waals surface area contributed by atoms with E-state index in [2.05, 4.69) is 5.32 Å². The monoisotopic (exact) mass is 379 g/mol. The third kappa shape index (κ3) is 4.77. The van der Waals surface area contributed by atoms with Crippen LogP contribution < -0.4 is 10.2 Å². The molecule has 4 nitrogen and oxygen atoms in total. The molecule has 0 saturated carbocycles. The third-order valence-corrected chi connectivity index (χ3v) is 3.71. The fraction of sp³-hybridized carbons (Fsp3) is 0.111. The van der Waals surface area contributed by atoms with Crippen LogP contribution >= 0.6 is 11.6 Å². The molecular formula is C18H13ClF3N3O. The number of para-hydroxylation sites is 1. The maximum absolute atomic E-state index is 12.9. The number of carbonyl (C=O) groups excluding carboxylic acids is 1. The summed E-state index contributed by atoms with van der Waals surface area (Å²) in [6, 6.07) is 13.7. The summed E-state index contributed by atoms with van der Waals surface area (Å²) >= 11 is 5.54. The van der Waals surface area contributed by atoms with Gasteiger partial charge in [0, 0.05) is 24.6 Å². The lowest BCUT2D eigenvalue weighted by molar-refractivity contribution is -0.137. The van der Waals surface area contributed by atoms with E-state index in [1.54, 1.807) is 42.3 Å². The van der Waals surface area contributed by atoms with Crippen LogP contribution in [0.25, 0.3) is 0 Å². The van der Waals surface area contributed by atoms with E-state index in [0.29, 0.717) is 0 Å². The molecule has 0 aliphatic heterocycles. The number of amides is 1. The predicted octanol–water partition coefficient (Wildman–Crippen LogP) is 4.84. The summed E-state index contributed by atoms with van der Waals surface area (Å²) in [5, 5.41) is 11.0. The number of hydrogen-bond acceptors (Lipinski definition) is 3. The van der Waals surface area contributed by atoms with E-state index in [1.165, 1.54) is 12.3 Å². The Balaban J connectivity index is 2.23. The second kappa shape index (κ2) is 7.93. The Hall–Kier alpha value is -2.98. The minimum atomic E-state index is -4.65. The first kappa shape index (κ1) is 19.3. The Morgan fingerprint density at radius 1 is 1.23 bits per heavy atom. The van der Waals surface area contributed by atoms with E-state index >= 15 is 0 Å². The number of nitriles is 1. The highest BCUT2D eigenvalue weighted by atomic mass is 35.5. The minimum Gasteiger partial charge on any atom is -0.350 e. The van der Waals surface area contributed by atoms with E-state index in [9.17, 15) is 23.2 Å². The Labute approximate surface area is 153 Å². The molecule has 0 spiro atoms. The summed E-state index contributed by atoms with van der Waals surface area (Å²) < 4.78 is 38.6. The summed E-state index contributed by atoms with van der Waals surface area (Å²) in [6.07, 6.45) is -3.36. The molecule has 0 bridgehead atoms. The van der Waals surface area contributed by atoms with Crippen molar-refractivity contribution in [2.45, 2.75) is 6.18 Å². The van der Waals surface area contributed by atoms with Crippen LogP contribution in [0.15, 0.2) is 60.3 Å². The number of hydrogen-bond donors (Lipinski definition) is 1. The molecule has 0 radical (unpaired) electrons. The van der Waals surface area contributed by atoms with Gasteiger partial charge in [-0.1, -0.05) is 29.8 Å². The normalized spacial score (nSPS) is 11.6. The molecule has 2 rings (SSSR count). The molecule has 0 fully saturated rings. The quantitative estimate of drug-likeness (QED) is 0.610. The number of carbonyl (C=O) groups is 1. The SMILES string of the molecule is CN(/C=C(/C#N)C(=O)Nc1ccc(Cl)c(C(F)(F)F)c1)c1ccccc1. The van der Waals surface area contributed by atoms with Gasteiger partial charge in [0.15, 0.2) is 0 Å². The molecule has 2 aromatic carbocycles. The molecule has 8 heteroatoms. The zero-order chi connectivity index (χ0) is 19.3. The molecule has 0 aromatic heterocycles. The van der Waals surface area contributed by atoms with Gasteiger partial charge in [0.2, 0.25) is 0 Å². The van der Waals surface area contributed by atoms with E-state index in [1.807, 2.05) is 6.07 Å². The van der Waals surface area contributed by atoms with Gasteiger partial charge in [0.1, 0.15) is 11.6 Å². The summed E-state index contributed by atoms with van der Waals surface area (Å²) in [6.45, 7) is 0. The summed E-state index contributed by atoms with van der Waals surface area (Å²) in [4.78, 5) is 13.8. The van der Waals surface area contributed by atoms with Crippen LogP contribution in [0.3, 0.4) is 0 Å². The fourth-order valence-corrected chi connectivity index (χ4v) is 2.31. The number of halogens is 4. The Bertz CT molecular complexity index is 873. The molecule has 26 heavy (non-hydrogen) atoms. The minimum absolute atomic E-state index is 0.116. The molecular weight excluding hydrogens is 367 g/mol. The first-order valence-electron chi connectivity index (χ1n) is 7.30. The zero-order valence-corrected chi connectivity index (χ0v) is 14.3. The fourth-order valence-electron chi connectivity index (χ4n) is 2.09. The van der Waals surface area contributed by atoms with Crippen LogP contribution in [0.5, 0.6) is 0 Å². The first-order valence-corrected chi connectivity index (χ1v) is 7.68. The molecule has 134 valence electrons. The van der Waals surface area contributed by atoms with Gasteiger partial charge in [-0.2, -0.15) is 18.4 Å². The van der Waals surface area contributed by atoms with Crippen molar-refractivity contribution in [3.63, 3.8) is 0 Å². The van der Waals surface area contributed by atoms with Crippen LogP contribution in [-0.4, -0.2) is 13.0 Å². The van der Waals surface area contributed by atoms with Crippen molar-refractivity contribution in [2.75, 3.05) is 17.3 Å². The van der Waals surface area contributed by atoms with E-state index in [4.69, 9.17) is 11.6 Å². The highest BCUT2D eigenvalue weighted by Gasteiger charge is 2.33. The Morgan fingerprint density at radius 2 is 1.88 bits per heavy atom. The Kier molecular flexibility index (Phi) is 5.90. The van der Waals surface area contributed by atoms with Crippen molar-refractivity contribution in [3.05, 3.63) is 70.9 Å². The van der Waals surface area contributed by atoms with E-state index < -0.39 is 22.7 Å². The van der Waals surface area contributed by atoms with Crippen LogP contribution in [0.1, 0.15) is 5.56 Å². The molecule has 1 N–H and O–H groups in total. The molecule has 0 aliphatic carbocycles. The van der Waals surface area contributed by atoms with Crippen molar-refractivity contribution in [1.29, 1.82) is 5.26 Å². The smallest absolute Gasteiger partial charge is 0.350 e. The molecule has 0 heterocycles. The van der Waals surface area contributed by atoms with Crippen LogP contribution in [0, 0.1) is 11.3 Å². The van der Waals surface area contributed by atoms with Gasteiger partial charge in [-0.15, -0.1) is 0 Å². The molecule has 0 aliphatic rings. The largest absolute Gasteiger partial charge is 0.417 e. The molecule has 0 unspecified atom stereocenters. The summed E-state index contributed by atoms with van der Waals surface area (Å²) in [7, 11) is 1.64. The van der Waals surface area contributed by atoms with Gasteiger partial charge >= 0.3 is 6.18 Å². The topological polar surface area (TPSA) is 56.1 Å². The average molecular weight is 380 g/mol. The van der Waals surface area contributed by atoms with Gasteiger partial charge in [-0.05, 0) is 30.3 Å². The Morgan fingerprint density at radius 3 is 2.46 bits per heavy atom. The van der Waals surface area contributed by atoms with E-state index in [-0.39, 0.29) is 11.3 Å².